The highest BCUT2D eigenvalue weighted by molar-refractivity contribution is 8.01. The number of thioether (sulfide) groups is 1. The van der Waals surface area contributed by atoms with Crippen LogP contribution in [0.15, 0.2) is 22.5 Å². The molecule has 12 heteroatoms. The Labute approximate surface area is 177 Å². The normalized spacial score (nSPS) is 12.5. The quantitative estimate of drug-likeness (QED) is 0.447. The molecule has 1 N–H and O–H groups in total. The van der Waals surface area contributed by atoms with Crippen LogP contribution in [-0.2, 0) is 14.8 Å². The molecule has 0 saturated heterocycles. The van der Waals surface area contributed by atoms with Crippen LogP contribution in [0.5, 0.6) is 5.75 Å². The molecule has 1 heterocycles. The van der Waals surface area contributed by atoms with Gasteiger partial charge in [0.1, 0.15) is 11.8 Å². The van der Waals surface area contributed by atoms with Crippen LogP contribution >= 0.6 is 34.7 Å². The van der Waals surface area contributed by atoms with Gasteiger partial charge in [-0.25, -0.2) is 8.42 Å². The lowest BCUT2D eigenvalue weighted by Gasteiger charge is -2.30. The van der Waals surface area contributed by atoms with E-state index in [1.54, 1.807) is 19.1 Å². The van der Waals surface area contributed by atoms with Gasteiger partial charge in [0, 0.05) is 0 Å². The molecule has 8 nitrogen and oxygen atoms in total. The number of hydrogen-bond donors (Lipinski definition) is 1. The van der Waals surface area contributed by atoms with Crippen molar-refractivity contribution in [2.24, 2.45) is 0 Å². The summed E-state index contributed by atoms with van der Waals surface area (Å²) in [5.74, 6) is 0.746. The van der Waals surface area contributed by atoms with E-state index in [0.717, 1.165) is 20.7 Å². The molecule has 0 saturated carbocycles. The lowest BCUT2D eigenvalue weighted by molar-refractivity contribution is -0.117. The van der Waals surface area contributed by atoms with Crippen LogP contribution < -0.4 is 14.4 Å². The minimum absolute atomic E-state index is 0.245. The van der Waals surface area contributed by atoms with Gasteiger partial charge in [-0.1, -0.05) is 48.5 Å². The third-order valence-corrected chi connectivity index (χ3v) is 6.95. The standard InChI is InChI=1S/C16H21ClN4O4S3/c1-5-12(14(22)18-15-19-20-16(27-15)26-6-2)21(28(4,23)24)10-7-8-13(25-3)11(17)9-10/h7-9,12H,5-6H2,1-4H3,(H,18,19,22)/t12-/m1/s1. The second kappa shape index (κ2) is 9.77. The number of nitrogens with zero attached hydrogens (tertiary/aromatic N) is 3. The third kappa shape index (κ3) is 5.49. The number of rotatable bonds is 9. The van der Waals surface area contributed by atoms with Gasteiger partial charge in [0.2, 0.25) is 21.1 Å². The number of carbonyl (C=O) groups excluding carboxylic acids is 1. The second-order valence-electron chi connectivity index (χ2n) is 5.60. The molecule has 0 radical (unpaired) electrons. The zero-order valence-corrected chi connectivity index (χ0v) is 19.0. The van der Waals surface area contributed by atoms with Crippen molar-refractivity contribution in [1.82, 2.24) is 10.2 Å². The number of carbonyl (C=O) groups is 1. The highest BCUT2D eigenvalue weighted by atomic mass is 35.5. The molecule has 0 fully saturated rings. The molecule has 0 spiro atoms. The van der Waals surface area contributed by atoms with Gasteiger partial charge in [-0.2, -0.15) is 0 Å². The van der Waals surface area contributed by atoms with E-state index in [2.05, 4.69) is 15.5 Å². The molecule has 0 aliphatic rings. The van der Waals surface area contributed by atoms with Gasteiger partial charge in [-0.05, 0) is 30.4 Å². The summed E-state index contributed by atoms with van der Waals surface area (Å²) in [5.41, 5.74) is 0.273. The molecule has 0 unspecified atom stereocenters. The molecular weight excluding hydrogens is 444 g/mol. The first-order valence-electron chi connectivity index (χ1n) is 8.31. The molecular formula is C16H21ClN4O4S3. The molecule has 28 heavy (non-hydrogen) atoms. The number of amides is 1. The maximum Gasteiger partial charge on any atom is 0.250 e. The van der Waals surface area contributed by atoms with Crippen molar-refractivity contribution >= 4 is 61.4 Å². The first-order chi connectivity index (χ1) is 13.2. The van der Waals surface area contributed by atoms with Gasteiger partial charge in [0.05, 0.1) is 24.1 Å². The van der Waals surface area contributed by atoms with Crippen LogP contribution in [0.25, 0.3) is 0 Å². The number of benzene rings is 1. The molecule has 1 aromatic heterocycles. The Morgan fingerprint density at radius 1 is 1.39 bits per heavy atom. The van der Waals surface area contributed by atoms with Crippen LogP contribution in [0.2, 0.25) is 5.02 Å². The fourth-order valence-corrected chi connectivity index (χ4v) is 5.59. The predicted octanol–water partition coefficient (Wildman–Crippen LogP) is 3.50. The molecule has 1 atom stereocenters. The average molecular weight is 465 g/mol. The summed E-state index contributed by atoms with van der Waals surface area (Å²) >= 11 is 8.90. The summed E-state index contributed by atoms with van der Waals surface area (Å²) in [6.45, 7) is 3.72. The van der Waals surface area contributed by atoms with Crippen molar-refractivity contribution in [3.63, 3.8) is 0 Å². The molecule has 154 valence electrons. The number of ether oxygens (including phenoxy) is 1. The SMILES string of the molecule is CCSc1nnc(NC(=O)[C@@H](CC)N(c2ccc(OC)c(Cl)c2)S(C)(=O)=O)s1. The fourth-order valence-electron chi connectivity index (χ4n) is 2.48. The number of nitrogens with one attached hydrogen (secondary N) is 1. The zero-order chi connectivity index (χ0) is 20.9. The lowest BCUT2D eigenvalue weighted by atomic mass is 10.2. The van der Waals surface area contributed by atoms with Crippen LogP contribution in [0.3, 0.4) is 0 Å². The van der Waals surface area contributed by atoms with E-state index in [-0.39, 0.29) is 17.1 Å². The second-order valence-corrected chi connectivity index (χ2v) is 10.4. The van der Waals surface area contributed by atoms with E-state index < -0.39 is 22.0 Å². The minimum atomic E-state index is -3.77. The van der Waals surface area contributed by atoms with Crippen LogP contribution in [0.1, 0.15) is 20.3 Å². The summed E-state index contributed by atoms with van der Waals surface area (Å²) in [5, 5.41) is 11.1. The molecule has 0 aliphatic heterocycles. The summed E-state index contributed by atoms with van der Waals surface area (Å²) in [6.07, 6.45) is 1.29. The van der Waals surface area contributed by atoms with Gasteiger partial charge in [0.25, 0.3) is 0 Å². The number of anilines is 2. The zero-order valence-electron chi connectivity index (χ0n) is 15.8. The van der Waals surface area contributed by atoms with E-state index in [4.69, 9.17) is 16.3 Å². The first kappa shape index (κ1) is 22.7. The van der Waals surface area contributed by atoms with Crippen LogP contribution in [-0.4, -0.2) is 49.7 Å². The molecule has 0 bridgehead atoms. The van der Waals surface area contributed by atoms with Crippen molar-refractivity contribution in [2.75, 3.05) is 28.7 Å². The highest BCUT2D eigenvalue weighted by Crippen LogP contribution is 2.32. The van der Waals surface area contributed by atoms with Gasteiger partial charge in [0.15, 0.2) is 4.34 Å². The number of sulfonamides is 1. The molecule has 1 amide bonds. The summed E-state index contributed by atoms with van der Waals surface area (Å²) in [6, 6.07) is 3.58. The number of methoxy groups -OCH3 is 1. The topological polar surface area (TPSA) is 101 Å². The van der Waals surface area contributed by atoms with Crippen LogP contribution in [0, 0.1) is 0 Å². The Kier molecular flexibility index (Phi) is 7.93. The van der Waals surface area contributed by atoms with Crippen molar-refractivity contribution in [3.8, 4) is 5.75 Å². The Hall–Kier alpha value is -1.56. The first-order valence-corrected chi connectivity index (χ1v) is 12.3. The van der Waals surface area contributed by atoms with Crippen molar-refractivity contribution in [3.05, 3.63) is 23.2 Å². The summed E-state index contributed by atoms with van der Waals surface area (Å²) in [4.78, 5) is 12.8. The monoisotopic (exact) mass is 464 g/mol. The fraction of sp³-hybridized carbons (Fsp3) is 0.438. The Morgan fingerprint density at radius 3 is 2.64 bits per heavy atom. The largest absolute Gasteiger partial charge is 0.495 e. The number of aromatic nitrogens is 2. The van der Waals surface area contributed by atoms with Gasteiger partial charge >= 0.3 is 0 Å². The van der Waals surface area contributed by atoms with Crippen molar-refractivity contribution in [2.45, 2.75) is 30.6 Å². The van der Waals surface area contributed by atoms with E-state index >= 15 is 0 Å². The van der Waals surface area contributed by atoms with Gasteiger partial charge < -0.3 is 4.74 Å². The van der Waals surface area contributed by atoms with Crippen molar-refractivity contribution < 1.29 is 17.9 Å². The molecule has 2 aromatic rings. The molecule has 0 aliphatic carbocycles. The van der Waals surface area contributed by atoms with E-state index in [0.29, 0.717) is 10.9 Å². The third-order valence-electron chi connectivity index (χ3n) is 3.62. The maximum absolute atomic E-state index is 12.8. The molecule has 1 aromatic carbocycles. The van der Waals surface area contributed by atoms with Gasteiger partial charge in [-0.3, -0.25) is 14.4 Å². The van der Waals surface area contributed by atoms with Gasteiger partial charge in [-0.15, -0.1) is 10.2 Å². The molecule has 2 rings (SSSR count). The Morgan fingerprint density at radius 2 is 2.11 bits per heavy atom. The van der Waals surface area contributed by atoms with Crippen molar-refractivity contribution in [1.29, 1.82) is 0 Å². The summed E-state index contributed by atoms with van der Waals surface area (Å²) < 4.78 is 31.9. The minimum Gasteiger partial charge on any atom is -0.495 e. The number of halogens is 1. The van der Waals surface area contributed by atoms with Crippen LogP contribution in [0.4, 0.5) is 10.8 Å². The smallest absolute Gasteiger partial charge is 0.250 e. The van der Waals surface area contributed by atoms with E-state index in [1.807, 2.05) is 6.92 Å². The predicted molar refractivity (Wildman–Crippen MR) is 114 cm³/mol. The summed E-state index contributed by atoms with van der Waals surface area (Å²) in [7, 11) is -2.31. The Balaban J connectivity index is 2.34. The van der Waals surface area contributed by atoms with E-state index in [1.165, 1.54) is 36.3 Å². The maximum atomic E-state index is 12.8. The average Bonchev–Trinajstić information content (AvgIpc) is 3.05. The Bertz CT molecular complexity index is 936. The van der Waals surface area contributed by atoms with E-state index in [9.17, 15) is 13.2 Å². The lowest BCUT2D eigenvalue weighted by Crippen LogP contribution is -2.47. The highest BCUT2D eigenvalue weighted by Gasteiger charge is 2.32. The number of hydrogen-bond acceptors (Lipinski definition) is 8.